The Kier molecular flexibility index (Phi) is 5.65. The number of carbonyl (C=O) groups is 2. The zero-order valence-electron chi connectivity index (χ0n) is 14.2. The number of amides is 2. The van der Waals surface area contributed by atoms with E-state index < -0.39 is 11.9 Å². The Balaban J connectivity index is 1.64. The summed E-state index contributed by atoms with van der Waals surface area (Å²) in [4.78, 5) is 28.2. The van der Waals surface area contributed by atoms with Gasteiger partial charge in [0.1, 0.15) is 11.9 Å². The Bertz CT molecular complexity index is 640. The van der Waals surface area contributed by atoms with Gasteiger partial charge in [0.15, 0.2) is 0 Å². The third-order valence-electron chi connectivity index (χ3n) is 4.89. The average molecular weight is 349 g/mol. The number of rotatable bonds is 4. The number of hydrogen-bond acceptors (Lipinski definition) is 4. The van der Waals surface area contributed by atoms with Crippen LogP contribution in [0.5, 0.6) is 0 Å². The molecule has 0 aliphatic carbocycles. The Morgan fingerprint density at radius 3 is 2.92 bits per heavy atom. The second kappa shape index (κ2) is 7.93. The van der Waals surface area contributed by atoms with Crippen LogP contribution in [0.2, 0.25) is 0 Å². The smallest absolute Gasteiger partial charge is 0.242 e. The predicted octanol–water partition coefficient (Wildman–Crippen LogP) is 0.750. The second-order valence-corrected chi connectivity index (χ2v) is 6.73. The van der Waals surface area contributed by atoms with E-state index >= 15 is 0 Å². The molecule has 0 spiro atoms. The van der Waals surface area contributed by atoms with Crippen molar-refractivity contribution < 1.29 is 18.7 Å². The number of morpholine rings is 1. The van der Waals surface area contributed by atoms with E-state index in [0.29, 0.717) is 26.2 Å². The number of benzene rings is 1. The monoisotopic (exact) mass is 349 g/mol. The summed E-state index contributed by atoms with van der Waals surface area (Å²) >= 11 is 0. The first kappa shape index (κ1) is 17.8. The number of piperidine rings is 1. The number of primary amides is 1. The molecule has 2 aliphatic rings. The van der Waals surface area contributed by atoms with E-state index in [1.165, 1.54) is 12.1 Å². The highest BCUT2D eigenvalue weighted by Crippen LogP contribution is 2.22. The average Bonchev–Trinajstić information content (AvgIpc) is 2.61. The SMILES string of the molecule is NC(=O)C1COCCN1C(=O)C1CCCN(Cc2cccc(F)c2)C1. The maximum Gasteiger partial charge on any atom is 0.242 e. The standard InChI is InChI=1S/C18H24FN3O3/c19-15-5-1-3-13(9-15)10-21-6-2-4-14(11-21)18(24)22-7-8-25-12-16(22)17(20)23/h1,3,5,9,14,16H,2,4,6-8,10-12H2,(H2,20,23). The van der Waals surface area contributed by atoms with Crippen LogP contribution >= 0.6 is 0 Å². The Hall–Kier alpha value is -1.99. The molecule has 6 nitrogen and oxygen atoms in total. The van der Waals surface area contributed by atoms with Gasteiger partial charge in [-0.2, -0.15) is 0 Å². The molecule has 2 heterocycles. The van der Waals surface area contributed by atoms with Crippen LogP contribution in [0, 0.1) is 11.7 Å². The lowest BCUT2D eigenvalue weighted by molar-refractivity contribution is -0.151. The van der Waals surface area contributed by atoms with Gasteiger partial charge >= 0.3 is 0 Å². The maximum absolute atomic E-state index is 13.4. The molecule has 2 aliphatic heterocycles. The van der Waals surface area contributed by atoms with Crippen LogP contribution < -0.4 is 5.73 Å². The third-order valence-corrected chi connectivity index (χ3v) is 4.89. The van der Waals surface area contributed by atoms with Gasteiger partial charge in [-0.05, 0) is 37.1 Å². The molecule has 0 saturated carbocycles. The van der Waals surface area contributed by atoms with Crippen molar-refractivity contribution in [1.82, 2.24) is 9.80 Å². The van der Waals surface area contributed by atoms with Gasteiger partial charge in [0.25, 0.3) is 0 Å². The number of hydrogen-bond donors (Lipinski definition) is 1. The number of likely N-dealkylation sites (tertiary alicyclic amines) is 1. The lowest BCUT2D eigenvalue weighted by atomic mass is 9.95. The highest BCUT2D eigenvalue weighted by molar-refractivity contribution is 5.88. The number of carbonyl (C=O) groups excluding carboxylic acids is 2. The van der Waals surface area contributed by atoms with Crippen molar-refractivity contribution in [2.24, 2.45) is 11.7 Å². The fraction of sp³-hybridized carbons (Fsp3) is 0.556. The summed E-state index contributed by atoms with van der Waals surface area (Å²) in [5, 5.41) is 0. The summed E-state index contributed by atoms with van der Waals surface area (Å²) in [5.41, 5.74) is 6.31. The van der Waals surface area contributed by atoms with Crippen LogP contribution in [0.3, 0.4) is 0 Å². The molecule has 3 rings (SSSR count). The van der Waals surface area contributed by atoms with Crippen molar-refractivity contribution in [3.8, 4) is 0 Å². The third kappa shape index (κ3) is 4.35. The molecule has 136 valence electrons. The van der Waals surface area contributed by atoms with Crippen molar-refractivity contribution in [3.63, 3.8) is 0 Å². The minimum Gasteiger partial charge on any atom is -0.377 e. The molecule has 0 aromatic heterocycles. The van der Waals surface area contributed by atoms with Gasteiger partial charge in [0, 0.05) is 19.6 Å². The first-order valence-corrected chi connectivity index (χ1v) is 8.69. The lowest BCUT2D eigenvalue weighted by Gasteiger charge is -2.39. The van der Waals surface area contributed by atoms with Gasteiger partial charge in [-0.3, -0.25) is 14.5 Å². The molecule has 2 unspecified atom stereocenters. The fourth-order valence-electron chi connectivity index (χ4n) is 3.63. The molecule has 2 saturated heterocycles. The second-order valence-electron chi connectivity index (χ2n) is 6.73. The minimum atomic E-state index is -0.681. The molecule has 0 radical (unpaired) electrons. The van der Waals surface area contributed by atoms with Gasteiger partial charge in [-0.25, -0.2) is 4.39 Å². The first-order chi connectivity index (χ1) is 12.0. The fourth-order valence-corrected chi connectivity index (χ4v) is 3.63. The molecule has 0 bridgehead atoms. The maximum atomic E-state index is 13.4. The van der Waals surface area contributed by atoms with Crippen molar-refractivity contribution in [1.29, 1.82) is 0 Å². The van der Waals surface area contributed by atoms with Gasteiger partial charge < -0.3 is 15.4 Å². The van der Waals surface area contributed by atoms with E-state index in [0.717, 1.165) is 24.9 Å². The summed E-state index contributed by atoms with van der Waals surface area (Å²) in [6.07, 6.45) is 1.69. The zero-order chi connectivity index (χ0) is 17.8. The van der Waals surface area contributed by atoms with Crippen LogP contribution in [0.4, 0.5) is 4.39 Å². The summed E-state index contributed by atoms with van der Waals surface area (Å²) < 4.78 is 18.6. The van der Waals surface area contributed by atoms with E-state index in [-0.39, 0.29) is 24.2 Å². The molecule has 2 atom stereocenters. The molecule has 1 aromatic carbocycles. The summed E-state index contributed by atoms with van der Waals surface area (Å²) in [6.45, 7) is 3.09. The van der Waals surface area contributed by atoms with E-state index in [2.05, 4.69) is 4.90 Å². The van der Waals surface area contributed by atoms with Crippen LogP contribution in [-0.4, -0.2) is 60.5 Å². The van der Waals surface area contributed by atoms with E-state index in [1.807, 2.05) is 6.07 Å². The molecular weight excluding hydrogens is 325 g/mol. The molecule has 1 aromatic rings. The van der Waals surface area contributed by atoms with Crippen LogP contribution in [0.1, 0.15) is 18.4 Å². The molecule has 2 N–H and O–H groups in total. The first-order valence-electron chi connectivity index (χ1n) is 8.69. The highest BCUT2D eigenvalue weighted by atomic mass is 19.1. The predicted molar refractivity (Wildman–Crippen MR) is 89.9 cm³/mol. The van der Waals surface area contributed by atoms with Gasteiger partial charge in [0.2, 0.25) is 11.8 Å². The summed E-state index contributed by atoms with van der Waals surface area (Å²) in [7, 11) is 0. The normalized spacial score (nSPS) is 24.9. The Morgan fingerprint density at radius 2 is 2.16 bits per heavy atom. The minimum absolute atomic E-state index is 0.0314. The van der Waals surface area contributed by atoms with Crippen LogP contribution in [-0.2, 0) is 20.9 Å². The molecule has 2 fully saturated rings. The van der Waals surface area contributed by atoms with Gasteiger partial charge in [-0.1, -0.05) is 12.1 Å². The Labute approximate surface area is 146 Å². The lowest BCUT2D eigenvalue weighted by Crippen LogP contribution is -2.57. The van der Waals surface area contributed by atoms with E-state index in [1.54, 1.807) is 11.0 Å². The molecule has 2 amide bonds. The van der Waals surface area contributed by atoms with Crippen LogP contribution in [0.25, 0.3) is 0 Å². The van der Waals surface area contributed by atoms with Crippen molar-refractivity contribution in [2.45, 2.75) is 25.4 Å². The number of nitrogens with two attached hydrogens (primary N) is 1. The highest BCUT2D eigenvalue weighted by Gasteiger charge is 2.36. The van der Waals surface area contributed by atoms with Crippen LogP contribution in [0.15, 0.2) is 24.3 Å². The Morgan fingerprint density at radius 1 is 1.32 bits per heavy atom. The zero-order valence-corrected chi connectivity index (χ0v) is 14.2. The van der Waals surface area contributed by atoms with Crippen molar-refractivity contribution >= 4 is 11.8 Å². The molecule has 7 heteroatoms. The number of ether oxygens (including phenoxy) is 1. The van der Waals surface area contributed by atoms with Crippen molar-refractivity contribution in [2.75, 3.05) is 32.8 Å². The summed E-state index contributed by atoms with van der Waals surface area (Å²) in [6, 6.07) is 5.85. The number of nitrogens with zero attached hydrogens (tertiary/aromatic N) is 2. The largest absolute Gasteiger partial charge is 0.377 e. The van der Waals surface area contributed by atoms with Gasteiger partial charge in [0.05, 0.1) is 19.1 Å². The summed E-state index contributed by atoms with van der Waals surface area (Å²) in [5.74, 6) is -0.974. The van der Waals surface area contributed by atoms with Gasteiger partial charge in [-0.15, -0.1) is 0 Å². The van der Waals surface area contributed by atoms with Crippen molar-refractivity contribution in [3.05, 3.63) is 35.6 Å². The quantitative estimate of drug-likeness (QED) is 0.870. The van der Waals surface area contributed by atoms with E-state index in [9.17, 15) is 14.0 Å². The molecule has 25 heavy (non-hydrogen) atoms. The topological polar surface area (TPSA) is 75.9 Å². The molecular formula is C18H24FN3O3. The van der Waals surface area contributed by atoms with E-state index in [4.69, 9.17) is 10.5 Å². The number of halogens is 1.